The molecule has 0 aliphatic heterocycles. The SMILES string of the molecule is CCNC(=O)c1ccc(CN=C(NCC)NCCCOCc2ccco2)cc1. The first kappa shape index (κ1) is 21.5. The zero-order chi connectivity index (χ0) is 20.0. The Kier molecular flexibility index (Phi) is 9.65. The molecular formula is C21H30N4O3. The Morgan fingerprint density at radius 3 is 2.54 bits per heavy atom. The van der Waals surface area contributed by atoms with Gasteiger partial charge in [-0.15, -0.1) is 0 Å². The summed E-state index contributed by atoms with van der Waals surface area (Å²) in [6.45, 7) is 7.79. The maximum absolute atomic E-state index is 11.8. The van der Waals surface area contributed by atoms with Crippen LogP contribution in [-0.4, -0.2) is 38.1 Å². The lowest BCUT2D eigenvalue weighted by Crippen LogP contribution is -2.38. The van der Waals surface area contributed by atoms with Crippen LogP contribution in [0.4, 0.5) is 0 Å². The van der Waals surface area contributed by atoms with E-state index in [2.05, 4.69) is 20.9 Å². The molecule has 7 nitrogen and oxygen atoms in total. The van der Waals surface area contributed by atoms with E-state index in [0.717, 1.165) is 36.8 Å². The number of aliphatic imine (C=N–C) groups is 1. The quantitative estimate of drug-likeness (QED) is 0.314. The van der Waals surface area contributed by atoms with E-state index >= 15 is 0 Å². The molecule has 2 aromatic rings. The van der Waals surface area contributed by atoms with Crippen LogP contribution in [0.3, 0.4) is 0 Å². The molecule has 2 rings (SSSR count). The number of carbonyl (C=O) groups is 1. The molecule has 3 N–H and O–H groups in total. The van der Waals surface area contributed by atoms with Crippen molar-refractivity contribution in [1.29, 1.82) is 0 Å². The molecule has 1 heterocycles. The van der Waals surface area contributed by atoms with Gasteiger partial charge in [-0.1, -0.05) is 12.1 Å². The second kappa shape index (κ2) is 12.6. The third-order valence-corrected chi connectivity index (χ3v) is 3.90. The highest BCUT2D eigenvalue weighted by Gasteiger charge is 2.04. The Morgan fingerprint density at radius 1 is 1.07 bits per heavy atom. The summed E-state index contributed by atoms with van der Waals surface area (Å²) in [5.74, 6) is 1.55. The largest absolute Gasteiger partial charge is 0.467 e. The van der Waals surface area contributed by atoms with Gasteiger partial charge in [-0.05, 0) is 50.1 Å². The van der Waals surface area contributed by atoms with Crippen molar-refractivity contribution in [2.45, 2.75) is 33.4 Å². The molecule has 0 radical (unpaired) electrons. The summed E-state index contributed by atoms with van der Waals surface area (Å²) in [6.07, 6.45) is 2.51. The van der Waals surface area contributed by atoms with Crippen LogP contribution < -0.4 is 16.0 Å². The third kappa shape index (κ3) is 7.84. The third-order valence-electron chi connectivity index (χ3n) is 3.90. The Balaban J connectivity index is 1.72. The Bertz CT molecular complexity index is 712. The van der Waals surface area contributed by atoms with Crippen LogP contribution in [0.15, 0.2) is 52.1 Å². The van der Waals surface area contributed by atoms with Crippen molar-refractivity contribution >= 4 is 11.9 Å². The van der Waals surface area contributed by atoms with Crippen molar-refractivity contribution in [1.82, 2.24) is 16.0 Å². The van der Waals surface area contributed by atoms with Crippen LogP contribution in [0.2, 0.25) is 0 Å². The molecule has 1 amide bonds. The van der Waals surface area contributed by atoms with E-state index in [1.807, 2.05) is 50.2 Å². The van der Waals surface area contributed by atoms with E-state index in [1.54, 1.807) is 6.26 Å². The summed E-state index contributed by atoms with van der Waals surface area (Å²) in [5, 5.41) is 9.33. The lowest BCUT2D eigenvalue weighted by Gasteiger charge is -2.11. The Morgan fingerprint density at radius 2 is 1.86 bits per heavy atom. The summed E-state index contributed by atoms with van der Waals surface area (Å²) in [5.41, 5.74) is 1.71. The van der Waals surface area contributed by atoms with Crippen molar-refractivity contribution in [2.24, 2.45) is 4.99 Å². The van der Waals surface area contributed by atoms with Gasteiger partial charge in [0.25, 0.3) is 5.91 Å². The van der Waals surface area contributed by atoms with Gasteiger partial charge < -0.3 is 25.1 Å². The highest BCUT2D eigenvalue weighted by molar-refractivity contribution is 5.94. The molecular weight excluding hydrogens is 356 g/mol. The van der Waals surface area contributed by atoms with Crippen LogP contribution in [0.25, 0.3) is 0 Å². The molecule has 0 spiro atoms. The first-order valence-electron chi connectivity index (χ1n) is 9.72. The first-order chi connectivity index (χ1) is 13.7. The van der Waals surface area contributed by atoms with Crippen LogP contribution >= 0.6 is 0 Å². The van der Waals surface area contributed by atoms with Gasteiger partial charge in [0.05, 0.1) is 12.8 Å². The molecule has 1 aromatic carbocycles. The molecule has 0 fully saturated rings. The molecule has 0 aliphatic carbocycles. The average Bonchev–Trinajstić information content (AvgIpc) is 3.22. The summed E-state index contributed by atoms with van der Waals surface area (Å²) in [7, 11) is 0. The molecule has 0 bridgehead atoms. The normalized spacial score (nSPS) is 11.3. The number of amides is 1. The van der Waals surface area contributed by atoms with Gasteiger partial charge in [-0.2, -0.15) is 0 Å². The van der Waals surface area contributed by atoms with Crippen LogP contribution in [0, 0.1) is 0 Å². The van der Waals surface area contributed by atoms with Crippen molar-refractivity contribution in [3.63, 3.8) is 0 Å². The number of hydrogen-bond donors (Lipinski definition) is 3. The molecule has 152 valence electrons. The number of hydrogen-bond acceptors (Lipinski definition) is 4. The van der Waals surface area contributed by atoms with Crippen molar-refractivity contribution in [3.8, 4) is 0 Å². The van der Waals surface area contributed by atoms with E-state index in [9.17, 15) is 4.79 Å². The van der Waals surface area contributed by atoms with Gasteiger partial charge in [-0.25, -0.2) is 4.99 Å². The van der Waals surface area contributed by atoms with E-state index in [0.29, 0.717) is 31.9 Å². The number of nitrogens with one attached hydrogen (secondary N) is 3. The number of furan rings is 1. The number of carbonyl (C=O) groups excluding carboxylic acids is 1. The molecule has 0 aliphatic rings. The van der Waals surface area contributed by atoms with Gasteiger partial charge in [0.2, 0.25) is 0 Å². The monoisotopic (exact) mass is 386 g/mol. The second-order valence-electron chi connectivity index (χ2n) is 6.16. The standard InChI is InChI=1S/C21H30N4O3/c1-3-22-20(26)18-10-8-17(9-11-18)15-25-21(23-4-2)24-12-6-13-27-16-19-7-5-14-28-19/h5,7-11,14H,3-4,6,12-13,15-16H2,1-2H3,(H,22,26)(H2,23,24,25). The zero-order valence-electron chi connectivity index (χ0n) is 16.7. The Hall–Kier alpha value is -2.80. The van der Waals surface area contributed by atoms with Gasteiger partial charge in [0, 0.05) is 31.8 Å². The lowest BCUT2D eigenvalue weighted by atomic mass is 10.1. The highest BCUT2D eigenvalue weighted by Crippen LogP contribution is 2.06. The molecule has 1 aromatic heterocycles. The zero-order valence-corrected chi connectivity index (χ0v) is 16.7. The van der Waals surface area contributed by atoms with Crippen LogP contribution in [-0.2, 0) is 17.9 Å². The maximum atomic E-state index is 11.8. The fourth-order valence-electron chi connectivity index (χ4n) is 2.48. The average molecular weight is 386 g/mol. The van der Waals surface area contributed by atoms with Gasteiger partial charge >= 0.3 is 0 Å². The summed E-state index contributed by atoms with van der Waals surface area (Å²) in [4.78, 5) is 16.4. The highest BCUT2D eigenvalue weighted by atomic mass is 16.5. The molecule has 0 saturated carbocycles. The van der Waals surface area contributed by atoms with E-state index < -0.39 is 0 Å². The minimum atomic E-state index is -0.0539. The van der Waals surface area contributed by atoms with Gasteiger partial charge in [0.1, 0.15) is 12.4 Å². The smallest absolute Gasteiger partial charge is 0.251 e. The summed E-state index contributed by atoms with van der Waals surface area (Å²) in [6, 6.07) is 11.3. The predicted octanol–water partition coefficient (Wildman–Crippen LogP) is 2.69. The number of benzene rings is 1. The number of rotatable bonds is 11. The fourth-order valence-corrected chi connectivity index (χ4v) is 2.48. The van der Waals surface area contributed by atoms with E-state index in [1.165, 1.54) is 0 Å². The minimum Gasteiger partial charge on any atom is -0.467 e. The molecule has 0 atom stereocenters. The predicted molar refractivity (Wildman–Crippen MR) is 110 cm³/mol. The van der Waals surface area contributed by atoms with E-state index in [-0.39, 0.29) is 5.91 Å². The number of nitrogens with zero attached hydrogens (tertiary/aromatic N) is 1. The lowest BCUT2D eigenvalue weighted by molar-refractivity contribution is 0.0956. The first-order valence-corrected chi connectivity index (χ1v) is 9.72. The number of ether oxygens (including phenoxy) is 1. The topological polar surface area (TPSA) is 87.9 Å². The van der Waals surface area contributed by atoms with Crippen molar-refractivity contribution in [2.75, 3.05) is 26.2 Å². The molecule has 7 heteroatoms. The second-order valence-corrected chi connectivity index (χ2v) is 6.16. The van der Waals surface area contributed by atoms with Gasteiger partial charge in [0.15, 0.2) is 5.96 Å². The molecule has 28 heavy (non-hydrogen) atoms. The summed E-state index contributed by atoms with van der Waals surface area (Å²) < 4.78 is 10.8. The molecule has 0 unspecified atom stereocenters. The number of guanidine groups is 1. The summed E-state index contributed by atoms with van der Waals surface area (Å²) >= 11 is 0. The van der Waals surface area contributed by atoms with Crippen molar-refractivity contribution < 1.29 is 13.9 Å². The molecule has 0 saturated heterocycles. The minimum absolute atomic E-state index is 0.0539. The van der Waals surface area contributed by atoms with Crippen molar-refractivity contribution in [3.05, 3.63) is 59.5 Å². The Labute approximate surface area is 166 Å². The van der Waals surface area contributed by atoms with Gasteiger partial charge in [-0.3, -0.25) is 4.79 Å². The van der Waals surface area contributed by atoms with E-state index in [4.69, 9.17) is 9.15 Å². The maximum Gasteiger partial charge on any atom is 0.251 e. The van der Waals surface area contributed by atoms with Crippen LogP contribution in [0.1, 0.15) is 41.9 Å². The van der Waals surface area contributed by atoms with Crippen LogP contribution in [0.5, 0.6) is 0 Å². The fraction of sp³-hybridized carbons (Fsp3) is 0.429.